The van der Waals surface area contributed by atoms with Gasteiger partial charge in [0.2, 0.25) is 10.0 Å². The van der Waals surface area contributed by atoms with Crippen LogP contribution in [0.2, 0.25) is 0 Å². The van der Waals surface area contributed by atoms with E-state index in [1.165, 1.54) is 26.2 Å². The van der Waals surface area contributed by atoms with E-state index in [9.17, 15) is 13.2 Å². The second kappa shape index (κ2) is 9.01. The number of anilines is 1. The Morgan fingerprint density at radius 2 is 1.78 bits per heavy atom. The first-order valence-corrected chi connectivity index (χ1v) is 10.4. The van der Waals surface area contributed by atoms with Crippen molar-refractivity contribution in [3.8, 4) is 0 Å². The molecule has 0 aliphatic rings. The molecule has 2 aromatic rings. The van der Waals surface area contributed by atoms with Gasteiger partial charge in [-0.3, -0.25) is 0 Å². The third-order valence-electron chi connectivity index (χ3n) is 4.32. The Balaban J connectivity index is 2.19. The normalized spacial score (nSPS) is 12.6. The molecule has 146 valence electrons. The summed E-state index contributed by atoms with van der Waals surface area (Å²) in [5.41, 5.74) is 2.29. The van der Waals surface area contributed by atoms with Crippen LogP contribution in [0.5, 0.6) is 0 Å². The second-order valence-corrected chi connectivity index (χ2v) is 8.77. The molecule has 2 aromatic carbocycles. The highest BCUT2D eigenvalue weighted by molar-refractivity contribution is 7.89. The fraction of sp³-hybridized carbons (Fsp3) is 0.350. The van der Waals surface area contributed by atoms with E-state index < -0.39 is 10.0 Å². The summed E-state index contributed by atoms with van der Waals surface area (Å²) in [6.45, 7) is 3.89. The number of nitrogens with one attached hydrogen (secondary N) is 2. The summed E-state index contributed by atoms with van der Waals surface area (Å²) in [5.74, 6) is 0. The number of aryl methyl sites for hydroxylation is 1. The van der Waals surface area contributed by atoms with Gasteiger partial charge in [0.05, 0.1) is 10.9 Å². The molecule has 2 amide bonds. The number of carbonyl (C=O) groups excluding carboxylic acids is 1. The zero-order chi connectivity index (χ0) is 20.0. The minimum absolute atomic E-state index is 0.106. The van der Waals surface area contributed by atoms with Gasteiger partial charge in [-0.05, 0) is 36.6 Å². The lowest BCUT2D eigenvalue weighted by atomic mass is 10.0. The molecule has 7 heteroatoms. The molecule has 0 saturated heterocycles. The molecular formula is C20H27N3O3S. The minimum atomic E-state index is -3.56. The van der Waals surface area contributed by atoms with Crippen LogP contribution in [0.15, 0.2) is 53.4 Å². The lowest BCUT2D eigenvalue weighted by Gasteiger charge is -2.20. The van der Waals surface area contributed by atoms with Gasteiger partial charge in [-0.1, -0.05) is 49.7 Å². The quantitative estimate of drug-likeness (QED) is 0.754. The number of rotatable bonds is 7. The summed E-state index contributed by atoms with van der Waals surface area (Å²) in [6.07, 6.45) is 1.74. The van der Waals surface area contributed by atoms with E-state index in [1.54, 1.807) is 6.07 Å². The second-order valence-electron chi connectivity index (χ2n) is 6.61. The molecule has 1 atom stereocenters. The van der Waals surface area contributed by atoms with Crippen molar-refractivity contribution in [2.75, 3.05) is 19.4 Å². The summed E-state index contributed by atoms with van der Waals surface area (Å²) in [6, 6.07) is 14.0. The summed E-state index contributed by atoms with van der Waals surface area (Å²) in [7, 11) is -0.612. The van der Waals surface area contributed by atoms with Crippen LogP contribution in [0.1, 0.15) is 36.9 Å². The Labute approximate surface area is 161 Å². The van der Waals surface area contributed by atoms with Gasteiger partial charge in [0.15, 0.2) is 0 Å². The van der Waals surface area contributed by atoms with Gasteiger partial charge in [-0.2, -0.15) is 0 Å². The van der Waals surface area contributed by atoms with Gasteiger partial charge in [-0.25, -0.2) is 17.5 Å². The number of nitrogens with zero attached hydrogens (tertiary/aromatic N) is 1. The van der Waals surface area contributed by atoms with Crippen LogP contribution < -0.4 is 10.6 Å². The predicted molar refractivity (Wildman–Crippen MR) is 108 cm³/mol. The van der Waals surface area contributed by atoms with Crippen molar-refractivity contribution in [1.82, 2.24) is 9.62 Å². The minimum Gasteiger partial charge on any atom is -0.331 e. The molecule has 0 aromatic heterocycles. The smallest absolute Gasteiger partial charge is 0.319 e. The van der Waals surface area contributed by atoms with Crippen LogP contribution in [0.4, 0.5) is 10.5 Å². The molecule has 0 bridgehead atoms. The number of sulfonamides is 1. The summed E-state index contributed by atoms with van der Waals surface area (Å²) >= 11 is 0. The molecular weight excluding hydrogens is 362 g/mol. The third kappa shape index (κ3) is 5.30. The van der Waals surface area contributed by atoms with Gasteiger partial charge in [0, 0.05) is 19.8 Å². The molecule has 0 fully saturated rings. The van der Waals surface area contributed by atoms with Gasteiger partial charge in [0.25, 0.3) is 0 Å². The molecule has 2 N–H and O–H groups in total. The molecule has 6 nitrogen and oxygen atoms in total. The van der Waals surface area contributed by atoms with Crippen LogP contribution >= 0.6 is 0 Å². The van der Waals surface area contributed by atoms with Gasteiger partial charge in [-0.15, -0.1) is 0 Å². The van der Waals surface area contributed by atoms with E-state index in [-0.39, 0.29) is 17.0 Å². The van der Waals surface area contributed by atoms with E-state index in [1.807, 2.05) is 37.3 Å². The molecule has 0 heterocycles. The predicted octanol–water partition coefficient (Wildman–Crippen LogP) is 3.91. The number of benzene rings is 2. The number of carbonyl (C=O) groups is 1. The van der Waals surface area contributed by atoms with Crippen LogP contribution in [-0.4, -0.2) is 32.8 Å². The maximum absolute atomic E-state index is 12.5. The third-order valence-corrected chi connectivity index (χ3v) is 6.13. The Bertz CT molecular complexity index is 881. The monoisotopic (exact) mass is 389 g/mol. The molecule has 0 aliphatic heterocycles. The van der Waals surface area contributed by atoms with Gasteiger partial charge < -0.3 is 10.6 Å². The average Bonchev–Trinajstić information content (AvgIpc) is 2.63. The Morgan fingerprint density at radius 1 is 1.11 bits per heavy atom. The number of hydrogen-bond donors (Lipinski definition) is 2. The fourth-order valence-corrected chi connectivity index (χ4v) is 3.65. The lowest BCUT2D eigenvalue weighted by molar-refractivity contribution is 0.247. The Hall–Kier alpha value is -2.38. The molecule has 0 saturated carbocycles. The highest BCUT2D eigenvalue weighted by Gasteiger charge is 2.19. The molecule has 0 radical (unpaired) electrons. The largest absolute Gasteiger partial charge is 0.331 e. The van der Waals surface area contributed by atoms with Crippen LogP contribution in [0.25, 0.3) is 0 Å². The van der Waals surface area contributed by atoms with Crippen molar-refractivity contribution in [1.29, 1.82) is 0 Å². The highest BCUT2D eigenvalue weighted by atomic mass is 32.2. The van der Waals surface area contributed by atoms with Crippen molar-refractivity contribution in [2.24, 2.45) is 0 Å². The summed E-state index contributed by atoms with van der Waals surface area (Å²) in [4.78, 5) is 12.7. The Morgan fingerprint density at radius 3 is 2.37 bits per heavy atom. The number of urea groups is 1. The summed E-state index contributed by atoms with van der Waals surface area (Å²) in [5, 5.41) is 5.77. The van der Waals surface area contributed by atoms with Crippen molar-refractivity contribution in [3.05, 3.63) is 59.7 Å². The zero-order valence-electron chi connectivity index (χ0n) is 16.2. The highest BCUT2D eigenvalue weighted by Crippen LogP contribution is 2.23. The van der Waals surface area contributed by atoms with Gasteiger partial charge >= 0.3 is 6.03 Å². The first-order chi connectivity index (χ1) is 12.8. The molecule has 0 aliphatic carbocycles. The molecule has 0 unspecified atom stereocenters. The molecule has 2 rings (SSSR count). The molecule has 27 heavy (non-hydrogen) atoms. The van der Waals surface area contributed by atoms with Gasteiger partial charge in [0.1, 0.15) is 0 Å². The van der Waals surface area contributed by atoms with Crippen LogP contribution in [0.3, 0.4) is 0 Å². The van der Waals surface area contributed by atoms with Crippen molar-refractivity contribution < 1.29 is 13.2 Å². The topological polar surface area (TPSA) is 78.5 Å². The van der Waals surface area contributed by atoms with Crippen molar-refractivity contribution >= 4 is 21.7 Å². The van der Waals surface area contributed by atoms with E-state index in [2.05, 4.69) is 17.6 Å². The number of amides is 2. The summed E-state index contributed by atoms with van der Waals surface area (Å²) < 4.78 is 25.8. The van der Waals surface area contributed by atoms with E-state index in [0.717, 1.165) is 28.3 Å². The lowest BCUT2D eigenvalue weighted by Crippen LogP contribution is -2.33. The van der Waals surface area contributed by atoms with Crippen LogP contribution in [-0.2, 0) is 10.0 Å². The average molecular weight is 390 g/mol. The fourth-order valence-electron chi connectivity index (χ4n) is 2.72. The van der Waals surface area contributed by atoms with Crippen LogP contribution in [0, 0.1) is 6.92 Å². The zero-order valence-corrected chi connectivity index (χ0v) is 17.0. The first kappa shape index (κ1) is 20.9. The van der Waals surface area contributed by atoms with Crippen molar-refractivity contribution in [3.63, 3.8) is 0 Å². The number of hydrogen-bond acceptors (Lipinski definition) is 3. The standard InChI is InChI=1S/C20H27N3O3S/c1-5-9-18(16-10-7-6-8-11-16)21-20(24)22-19-14-17(13-12-15(19)2)27(25,26)23(3)4/h6-8,10-14,18H,5,9H2,1-4H3,(H2,21,22,24)/t18-/m1/s1. The van der Waals surface area contributed by atoms with E-state index in [0.29, 0.717) is 5.69 Å². The van der Waals surface area contributed by atoms with E-state index in [4.69, 9.17) is 0 Å². The maximum atomic E-state index is 12.5. The maximum Gasteiger partial charge on any atom is 0.319 e. The SMILES string of the molecule is CCC[C@@H](NC(=O)Nc1cc(S(=O)(=O)N(C)C)ccc1C)c1ccccc1. The Kier molecular flexibility index (Phi) is 6.98. The van der Waals surface area contributed by atoms with Crippen molar-refractivity contribution in [2.45, 2.75) is 37.6 Å². The van der Waals surface area contributed by atoms with E-state index >= 15 is 0 Å². The first-order valence-electron chi connectivity index (χ1n) is 8.91. The molecule has 0 spiro atoms.